The zero-order chi connectivity index (χ0) is 12.4. The first kappa shape index (κ1) is 11.4. The minimum Gasteiger partial charge on any atom is -0.478 e. The highest BCUT2D eigenvalue weighted by molar-refractivity contribution is 5.89. The molecule has 2 rings (SSSR count). The third-order valence-corrected chi connectivity index (χ3v) is 2.77. The second-order valence-electron chi connectivity index (χ2n) is 4.10. The second-order valence-corrected chi connectivity index (χ2v) is 4.10. The number of rotatable bonds is 3. The molecule has 88 valence electrons. The lowest BCUT2D eigenvalue weighted by molar-refractivity contribution is 0.0695. The van der Waals surface area contributed by atoms with Crippen molar-refractivity contribution in [3.8, 4) is 0 Å². The van der Waals surface area contributed by atoms with Crippen LogP contribution in [0.4, 0.5) is 0 Å². The van der Waals surface area contributed by atoms with E-state index in [9.17, 15) is 4.79 Å². The van der Waals surface area contributed by atoms with Crippen LogP contribution in [0.1, 0.15) is 27.3 Å². The van der Waals surface area contributed by atoms with Crippen LogP contribution < -0.4 is 0 Å². The van der Waals surface area contributed by atoms with E-state index in [1.807, 2.05) is 36.9 Å². The molecule has 1 N–H and O–H groups in total. The van der Waals surface area contributed by atoms with Gasteiger partial charge >= 0.3 is 5.97 Å². The largest absolute Gasteiger partial charge is 0.478 e. The summed E-state index contributed by atoms with van der Waals surface area (Å²) in [5, 5.41) is 9.16. The van der Waals surface area contributed by atoms with Crippen LogP contribution in [-0.4, -0.2) is 20.6 Å². The standard InChI is InChI=1S/C13H14N2O2/c1-9-3-4-10(11(7-9)13(16)17)8-12-14-5-6-15(12)2/h3-7H,8H2,1-2H3,(H,16,17). The van der Waals surface area contributed by atoms with Crippen LogP contribution in [0.15, 0.2) is 30.6 Å². The van der Waals surface area contributed by atoms with Crippen LogP contribution >= 0.6 is 0 Å². The van der Waals surface area contributed by atoms with Gasteiger partial charge in [0.1, 0.15) is 5.82 Å². The van der Waals surface area contributed by atoms with Crippen LogP contribution in [0.2, 0.25) is 0 Å². The number of aryl methyl sites for hydroxylation is 2. The van der Waals surface area contributed by atoms with E-state index < -0.39 is 5.97 Å². The predicted octanol–water partition coefficient (Wildman–Crippen LogP) is 2.02. The molecule has 17 heavy (non-hydrogen) atoms. The second kappa shape index (κ2) is 4.41. The number of carboxylic acids is 1. The molecular weight excluding hydrogens is 216 g/mol. The van der Waals surface area contributed by atoms with Crippen LogP contribution in [0.3, 0.4) is 0 Å². The Bertz CT molecular complexity index is 558. The van der Waals surface area contributed by atoms with Crippen LogP contribution in [0, 0.1) is 6.92 Å². The van der Waals surface area contributed by atoms with Gasteiger partial charge < -0.3 is 9.67 Å². The minimum atomic E-state index is -0.891. The summed E-state index contributed by atoms with van der Waals surface area (Å²) in [5.41, 5.74) is 2.09. The first-order valence-electron chi connectivity index (χ1n) is 5.37. The summed E-state index contributed by atoms with van der Waals surface area (Å²) >= 11 is 0. The Morgan fingerprint density at radius 2 is 2.24 bits per heavy atom. The van der Waals surface area contributed by atoms with E-state index in [0.717, 1.165) is 17.0 Å². The van der Waals surface area contributed by atoms with Crippen molar-refractivity contribution in [3.05, 3.63) is 53.1 Å². The number of carbonyl (C=O) groups is 1. The van der Waals surface area contributed by atoms with Crippen LogP contribution in [0.5, 0.6) is 0 Å². The van der Waals surface area contributed by atoms with Crippen molar-refractivity contribution in [3.63, 3.8) is 0 Å². The van der Waals surface area contributed by atoms with E-state index in [1.54, 1.807) is 12.3 Å². The van der Waals surface area contributed by atoms with Gasteiger partial charge in [0.15, 0.2) is 0 Å². The number of benzene rings is 1. The Labute approximate surface area is 99.5 Å². The molecule has 4 heteroatoms. The van der Waals surface area contributed by atoms with Crippen LogP contribution in [-0.2, 0) is 13.5 Å². The van der Waals surface area contributed by atoms with E-state index in [1.165, 1.54) is 0 Å². The van der Waals surface area contributed by atoms with E-state index in [4.69, 9.17) is 5.11 Å². The lowest BCUT2D eigenvalue weighted by Crippen LogP contribution is -2.06. The smallest absolute Gasteiger partial charge is 0.335 e. The van der Waals surface area contributed by atoms with Gasteiger partial charge in [0.05, 0.1) is 5.56 Å². The van der Waals surface area contributed by atoms with Crippen molar-refractivity contribution in [1.82, 2.24) is 9.55 Å². The summed E-state index contributed by atoms with van der Waals surface area (Å²) in [6, 6.07) is 5.47. The fourth-order valence-electron chi connectivity index (χ4n) is 1.78. The fourth-order valence-corrected chi connectivity index (χ4v) is 1.78. The van der Waals surface area contributed by atoms with E-state index >= 15 is 0 Å². The third kappa shape index (κ3) is 2.36. The Kier molecular flexibility index (Phi) is 2.95. The van der Waals surface area contributed by atoms with Gasteiger partial charge in [-0.2, -0.15) is 0 Å². The number of carboxylic acid groups (broad SMARTS) is 1. The SMILES string of the molecule is Cc1ccc(Cc2nccn2C)c(C(=O)O)c1. The zero-order valence-electron chi connectivity index (χ0n) is 9.84. The number of aromatic nitrogens is 2. The molecule has 0 bridgehead atoms. The van der Waals surface area contributed by atoms with Gasteiger partial charge in [-0.15, -0.1) is 0 Å². The highest BCUT2D eigenvalue weighted by Crippen LogP contribution is 2.15. The molecule has 2 aromatic rings. The molecule has 0 aliphatic carbocycles. The number of hydrogen-bond donors (Lipinski definition) is 1. The number of hydrogen-bond acceptors (Lipinski definition) is 2. The highest BCUT2D eigenvalue weighted by Gasteiger charge is 2.12. The Hall–Kier alpha value is -2.10. The average Bonchev–Trinajstić information content (AvgIpc) is 2.67. The molecule has 4 nitrogen and oxygen atoms in total. The fraction of sp³-hybridized carbons (Fsp3) is 0.231. The summed E-state index contributed by atoms with van der Waals surface area (Å²) in [7, 11) is 1.90. The van der Waals surface area contributed by atoms with Gasteiger partial charge in [-0.25, -0.2) is 9.78 Å². The maximum Gasteiger partial charge on any atom is 0.335 e. The monoisotopic (exact) mass is 230 g/mol. The van der Waals surface area contributed by atoms with Gasteiger partial charge in [-0.05, 0) is 18.6 Å². The molecule has 1 heterocycles. The van der Waals surface area contributed by atoms with Crippen molar-refractivity contribution in [2.75, 3.05) is 0 Å². The van der Waals surface area contributed by atoms with Crippen molar-refractivity contribution in [1.29, 1.82) is 0 Å². The molecule has 0 atom stereocenters. The molecule has 0 saturated heterocycles. The van der Waals surface area contributed by atoms with Gasteiger partial charge in [0.2, 0.25) is 0 Å². The molecular formula is C13H14N2O2. The molecule has 0 radical (unpaired) electrons. The summed E-state index contributed by atoms with van der Waals surface area (Å²) in [5.74, 6) is -0.0331. The first-order valence-corrected chi connectivity index (χ1v) is 5.37. The molecule has 0 amide bonds. The molecule has 0 aliphatic rings. The Morgan fingerprint density at radius 3 is 2.82 bits per heavy atom. The van der Waals surface area contributed by atoms with Crippen molar-refractivity contribution in [2.45, 2.75) is 13.3 Å². The quantitative estimate of drug-likeness (QED) is 0.877. The maximum absolute atomic E-state index is 11.2. The molecule has 1 aromatic heterocycles. The lowest BCUT2D eigenvalue weighted by Gasteiger charge is -2.07. The summed E-state index contributed by atoms with van der Waals surface area (Å²) in [6.07, 6.45) is 4.10. The third-order valence-electron chi connectivity index (χ3n) is 2.77. The summed E-state index contributed by atoms with van der Waals surface area (Å²) in [6.45, 7) is 1.89. The number of imidazole rings is 1. The van der Waals surface area contributed by atoms with Crippen molar-refractivity contribution >= 4 is 5.97 Å². The van der Waals surface area contributed by atoms with E-state index in [2.05, 4.69) is 4.98 Å². The Morgan fingerprint density at radius 1 is 1.47 bits per heavy atom. The molecule has 0 saturated carbocycles. The average molecular weight is 230 g/mol. The zero-order valence-corrected chi connectivity index (χ0v) is 9.84. The first-order chi connectivity index (χ1) is 8.08. The van der Waals surface area contributed by atoms with E-state index in [0.29, 0.717) is 12.0 Å². The molecule has 0 unspecified atom stereocenters. The van der Waals surface area contributed by atoms with Gasteiger partial charge in [-0.1, -0.05) is 17.7 Å². The van der Waals surface area contributed by atoms with Crippen molar-refractivity contribution in [2.24, 2.45) is 7.05 Å². The lowest BCUT2D eigenvalue weighted by atomic mass is 10.0. The molecule has 0 spiro atoms. The number of aromatic carboxylic acids is 1. The van der Waals surface area contributed by atoms with E-state index in [-0.39, 0.29) is 0 Å². The molecule has 1 aromatic carbocycles. The van der Waals surface area contributed by atoms with Gasteiger partial charge in [0, 0.05) is 25.9 Å². The molecule has 0 aliphatic heterocycles. The topological polar surface area (TPSA) is 55.1 Å². The number of nitrogens with zero attached hydrogens (tertiary/aromatic N) is 2. The van der Waals surface area contributed by atoms with Crippen LogP contribution in [0.25, 0.3) is 0 Å². The maximum atomic E-state index is 11.2. The highest BCUT2D eigenvalue weighted by atomic mass is 16.4. The Balaban J connectivity index is 2.39. The summed E-state index contributed by atoms with van der Waals surface area (Å²) < 4.78 is 1.89. The van der Waals surface area contributed by atoms with Crippen molar-refractivity contribution < 1.29 is 9.90 Å². The summed E-state index contributed by atoms with van der Waals surface area (Å²) in [4.78, 5) is 15.4. The van der Waals surface area contributed by atoms with Gasteiger partial charge in [0.25, 0.3) is 0 Å². The van der Waals surface area contributed by atoms with Gasteiger partial charge in [-0.3, -0.25) is 0 Å². The molecule has 0 fully saturated rings. The minimum absolute atomic E-state index is 0.355. The normalized spacial score (nSPS) is 10.5. The predicted molar refractivity (Wildman–Crippen MR) is 64.2 cm³/mol.